The van der Waals surface area contributed by atoms with Gasteiger partial charge in [-0.1, -0.05) is 17.7 Å². The van der Waals surface area contributed by atoms with Gasteiger partial charge in [0.15, 0.2) is 0 Å². The van der Waals surface area contributed by atoms with Crippen LogP contribution in [-0.2, 0) is 6.54 Å². The monoisotopic (exact) mass is 304 g/mol. The minimum absolute atomic E-state index is 0.0900. The van der Waals surface area contributed by atoms with E-state index in [-0.39, 0.29) is 11.7 Å². The number of benzene rings is 2. The van der Waals surface area contributed by atoms with E-state index in [1.807, 2.05) is 19.1 Å². The lowest BCUT2D eigenvalue weighted by Gasteiger charge is -2.10. The van der Waals surface area contributed by atoms with Crippen molar-refractivity contribution in [2.24, 2.45) is 0 Å². The largest absolute Gasteiger partial charge is 0.508 e. The first-order chi connectivity index (χ1) is 10.1. The zero-order chi connectivity index (χ0) is 15.2. The van der Waals surface area contributed by atoms with Crippen LogP contribution in [0.1, 0.15) is 22.8 Å². The van der Waals surface area contributed by atoms with Gasteiger partial charge in [0, 0.05) is 34.9 Å². The minimum atomic E-state index is -0.0900. The van der Waals surface area contributed by atoms with Crippen molar-refractivity contribution >= 4 is 23.2 Å². The van der Waals surface area contributed by atoms with E-state index in [0.29, 0.717) is 29.2 Å². The van der Waals surface area contributed by atoms with Gasteiger partial charge in [0.05, 0.1) is 0 Å². The summed E-state index contributed by atoms with van der Waals surface area (Å²) in [4.78, 5) is 11.6. The molecule has 3 N–H and O–H groups in total. The quantitative estimate of drug-likeness (QED) is 0.793. The van der Waals surface area contributed by atoms with E-state index < -0.39 is 0 Å². The number of hydrogen-bond acceptors (Lipinski definition) is 3. The highest BCUT2D eigenvalue weighted by molar-refractivity contribution is 6.31. The molecule has 110 valence electrons. The van der Waals surface area contributed by atoms with Crippen molar-refractivity contribution in [2.45, 2.75) is 13.5 Å². The Morgan fingerprint density at radius 1 is 1.19 bits per heavy atom. The fourth-order valence-electron chi connectivity index (χ4n) is 1.91. The second kappa shape index (κ2) is 6.99. The second-order valence-corrected chi connectivity index (χ2v) is 4.94. The first-order valence-corrected chi connectivity index (χ1v) is 7.08. The lowest BCUT2D eigenvalue weighted by Crippen LogP contribution is -2.22. The van der Waals surface area contributed by atoms with Crippen LogP contribution in [0.5, 0.6) is 5.75 Å². The third-order valence-electron chi connectivity index (χ3n) is 3.05. The molecule has 2 aromatic rings. The molecule has 0 aromatic heterocycles. The molecule has 0 atom stereocenters. The predicted molar refractivity (Wildman–Crippen MR) is 84.9 cm³/mol. The van der Waals surface area contributed by atoms with Gasteiger partial charge in [-0.15, -0.1) is 0 Å². The van der Waals surface area contributed by atoms with Crippen molar-refractivity contribution in [2.75, 3.05) is 11.9 Å². The Kier molecular flexibility index (Phi) is 5.06. The Balaban J connectivity index is 2.03. The van der Waals surface area contributed by atoms with Crippen LogP contribution >= 0.6 is 11.6 Å². The van der Waals surface area contributed by atoms with E-state index in [4.69, 9.17) is 11.6 Å². The maximum atomic E-state index is 11.6. The Morgan fingerprint density at radius 2 is 1.90 bits per heavy atom. The molecule has 2 aromatic carbocycles. The maximum Gasteiger partial charge on any atom is 0.251 e. The number of phenols is 1. The summed E-state index contributed by atoms with van der Waals surface area (Å²) in [6, 6.07) is 12.2. The number of halogens is 1. The average Bonchev–Trinajstić information content (AvgIpc) is 2.47. The molecule has 0 radical (unpaired) electrons. The molecule has 21 heavy (non-hydrogen) atoms. The summed E-state index contributed by atoms with van der Waals surface area (Å²) in [5.74, 6) is 0.0711. The molecule has 0 fully saturated rings. The van der Waals surface area contributed by atoms with Crippen molar-refractivity contribution in [3.8, 4) is 5.75 Å². The number of rotatable bonds is 5. The van der Waals surface area contributed by atoms with Crippen molar-refractivity contribution < 1.29 is 9.90 Å². The van der Waals surface area contributed by atoms with Crippen LogP contribution in [0.4, 0.5) is 5.69 Å². The third kappa shape index (κ3) is 3.89. The van der Waals surface area contributed by atoms with Crippen molar-refractivity contribution in [3.63, 3.8) is 0 Å². The summed E-state index contributed by atoms with van der Waals surface area (Å²) in [6.45, 7) is 2.89. The van der Waals surface area contributed by atoms with Gasteiger partial charge in [-0.05, 0) is 43.3 Å². The Labute approximate surface area is 128 Å². The van der Waals surface area contributed by atoms with Gasteiger partial charge >= 0.3 is 0 Å². The molecule has 5 heteroatoms. The highest BCUT2D eigenvalue weighted by Gasteiger charge is 2.06. The molecule has 0 bridgehead atoms. The predicted octanol–water partition coefficient (Wildman–Crippen LogP) is 3.41. The summed E-state index contributed by atoms with van der Waals surface area (Å²) in [5, 5.41) is 16.2. The molecule has 1 amide bonds. The number of carbonyl (C=O) groups excluding carboxylic acids is 1. The van der Waals surface area contributed by atoms with Gasteiger partial charge < -0.3 is 15.7 Å². The van der Waals surface area contributed by atoms with E-state index in [1.165, 1.54) is 0 Å². The lowest BCUT2D eigenvalue weighted by atomic mass is 10.1. The number of carbonyl (C=O) groups is 1. The first-order valence-electron chi connectivity index (χ1n) is 6.70. The summed E-state index contributed by atoms with van der Waals surface area (Å²) in [7, 11) is 0. The topological polar surface area (TPSA) is 61.4 Å². The molecule has 0 aliphatic rings. The summed E-state index contributed by atoms with van der Waals surface area (Å²) in [6.07, 6.45) is 0. The summed E-state index contributed by atoms with van der Waals surface area (Å²) >= 11 is 6.04. The van der Waals surface area contributed by atoms with Crippen molar-refractivity contribution in [1.82, 2.24) is 5.32 Å². The molecule has 0 saturated heterocycles. The zero-order valence-electron chi connectivity index (χ0n) is 11.7. The molecule has 0 aliphatic heterocycles. The van der Waals surface area contributed by atoms with E-state index in [2.05, 4.69) is 10.6 Å². The highest BCUT2D eigenvalue weighted by Crippen LogP contribution is 2.26. The number of amides is 1. The molecule has 0 unspecified atom stereocenters. The fraction of sp³-hybridized carbons (Fsp3) is 0.188. The molecule has 2 rings (SSSR count). The zero-order valence-corrected chi connectivity index (χ0v) is 12.4. The normalized spacial score (nSPS) is 10.2. The van der Waals surface area contributed by atoms with Crippen LogP contribution in [0.15, 0.2) is 42.5 Å². The molecule has 0 aliphatic carbocycles. The van der Waals surface area contributed by atoms with E-state index in [0.717, 1.165) is 5.69 Å². The van der Waals surface area contributed by atoms with Crippen molar-refractivity contribution in [3.05, 3.63) is 58.6 Å². The first kappa shape index (κ1) is 15.2. The Morgan fingerprint density at radius 3 is 2.52 bits per heavy atom. The Bertz CT molecular complexity index is 606. The van der Waals surface area contributed by atoms with Crippen LogP contribution in [0.3, 0.4) is 0 Å². The van der Waals surface area contributed by atoms with Crippen LogP contribution < -0.4 is 10.6 Å². The summed E-state index contributed by atoms with van der Waals surface area (Å²) < 4.78 is 0. The molecule has 4 nitrogen and oxygen atoms in total. The number of nitrogens with one attached hydrogen (secondary N) is 2. The fourth-order valence-corrected chi connectivity index (χ4v) is 2.15. The smallest absolute Gasteiger partial charge is 0.251 e. The number of phenolic OH excluding ortho intramolecular Hbond substituents is 1. The van der Waals surface area contributed by atoms with Crippen LogP contribution in [0.2, 0.25) is 5.02 Å². The standard InChI is InChI=1S/C16H17ClN2O2/c1-2-18-16(21)11-6-8-12(9-7-11)19-10-13-14(17)4-3-5-15(13)20/h3-9,19-20H,2,10H2,1H3,(H,18,21). The SMILES string of the molecule is CCNC(=O)c1ccc(NCc2c(O)cccc2Cl)cc1. The highest BCUT2D eigenvalue weighted by atomic mass is 35.5. The Hall–Kier alpha value is -2.20. The van der Waals surface area contributed by atoms with Gasteiger partial charge in [-0.25, -0.2) is 0 Å². The molecular formula is C16H17ClN2O2. The number of hydrogen-bond donors (Lipinski definition) is 3. The maximum absolute atomic E-state index is 11.6. The van der Waals surface area contributed by atoms with Gasteiger partial charge in [0.1, 0.15) is 5.75 Å². The third-order valence-corrected chi connectivity index (χ3v) is 3.40. The minimum Gasteiger partial charge on any atom is -0.508 e. The summed E-state index contributed by atoms with van der Waals surface area (Å²) in [5.41, 5.74) is 2.11. The van der Waals surface area contributed by atoms with Crippen LogP contribution in [0, 0.1) is 0 Å². The van der Waals surface area contributed by atoms with E-state index >= 15 is 0 Å². The number of aromatic hydroxyl groups is 1. The molecule has 0 heterocycles. The molecular weight excluding hydrogens is 288 g/mol. The average molecular weight is 305 g/mol. The molecule has 0 spiro atoms. The van der Waals surface area contributed by atoms with E-state index in [1.54, 1.807) is 30.3 Å². The number of anilines is 1. The molecule has 0 saturated carbocycles. The van der Waals surface area contributed by atoms with Gasteiger partial charge in [-0.3, -0.25) is 4.79 Å². The van der Waals surface area contributed by atoms with Crippen LogP contribution in [-0.4, -0.2) is 17.6 Å². The lowest BCUT2D eigenvalue weighted by molar-refractivity contribution is 0.0956. The van der Waals surface area contributed by atoms with E-state index in [9.17, 15) is 9.90 Å². The van der Waals surface area contributed by atoms with Gasteiger partial charge in [0.25, 0.3) is 5.91 Å². The van der Waals surface area contributed by atoms with Gasteiger partial charge in [0.2, 0.25) is 0 Å². The second-order valence-electron chi connectivity index (χ2n) is 4.53. The van der Waals surface area contributed by atoms with Gasteiger partial charge in [-0.2, -0.15) is 0 Å². The van der Waals surface area contributed by atoms with Crippen LogP contribution in [0.25, 0.3) is 0 Å². The van der Waals surface area contributed by atoms with Crippen molar-refractivity contribution in [1.29, 1.82) is 0 Å².